The van der Waals surface area contributed by atoms with E-state index in [-0.39, 0.29) is 34.5 Å². The predicted octanol–water partition coefficient (Wildman–Crippen LogP) is 3.16. The van der Waals surface area contributed by atoms with Crippen molar-refractivity contribution in [3.05, 3.63) is 58.1 Å². The third-order valence-corrected chi connectivity index (χ3v) is 4.12. The summed E-state index contributed by atoms with van der Waals surface area (Å²) in [6, 6.07) is 9.21. The zero-order chi connectivity index (χ0) is 19.3. The van der Waals surface area contributed by atoms with Gasteiger partial charge in [-0.2, -0.15) is 0 Å². The molecule has 0 saturated heterocycles. The van der Waals surface area contributed by atoms with Gasteiger partial charge in [0, 0.05) is 31.8 Å². The molecule has 6 nitrogen and oxygen atoms in total. The summed E-state index contributed by atoms with van der Waals surface area (Å²) in [7, 11) is 1.59. The van der Waals surface area contributed by atoms with Crippen LogP contribution in [0.5, 0.6) is 11.5 Å². The van der Waals surface area contributed by atoms with Gasteiger partial charge in [0.25, 0.3) is 11.8 Å². The molecule has 0 fully saturated rings. The highest BCUT2D eigenvalue weighted by Gasteiger charge is 2.18. The Morgan fingerprint density at radius 2 is 1.77 bits per heavy atom. The van der Waals surface area contributed by atoms with E-state index in [2.05, 4.69) is 5.32 Å². The standard InChI is InChI=1S/C19H21ClN2O4/c1-3-8-21-18(25)13-6-4-12(5-7-13)11-22(2)19(26)14-9-15(20)17(24)10-16(14)23/h4-7,9-10,23-24H,3,8,11H2,1-2H3,(H,21,25). The van der Waals surface area contributed by atoms with Crippen molar-refractivity contribution in [3.63, 3.8) is 0 Å². The zero-order valence-electron chi connectivity index (χ0n) is 14.6. The number of nitrogens with zero attached hydrogens (tertiary/aromatic N) is 1. The number of phenols is 2. The fraction of sp³-hybridized carbons (Fsp3) is 0.263. The molecule has 0 aliphatic rings. The number of hydrogen-bond acceptors (Lipinski definition) is 4. The molecule has 3 N–H and O–H groups in total. The van der Waals surface area contributed by atoms with Crippen molar-refractivity contribution in [3.8, 4) is 11.5 Å². The number of hydrogen-bond donors (Lipinski definition) is 3. The Balaban J connectivity index is 2.07. The van der Waals surface area contributed by atoms with Gasteiger partial charge in [-0.25, -0.2) is 0 Å². The number of halogens is 1. The summed E-state index contributed by atoms with van der Waals surface area (Å²) in [5.41, 5.74) is 1.39. The molecule has 2 amide bonds. The summed E-state index contributed by atoms with van der Waals surface area (Å²) in [5.74, 6) is -1.20. The molecule has 0 aliphatic heterocycles. The van der Waals surface area contributed by atoms with Gasteiger partial charge in [-0.15, -0.1) is 0 Å². The highest BCUT2D eigenvalue weighted by molar-refractivity contribution is 6.32. The van der Waals surface area contributed by atoms with Crippen LogP contribution < -0.4 is 5.32 Å². The van der Waals surface area contributed by atoms with E-state index < -0.39 is 5.91 Å². The second-order valence-corrected chi connectivity index (χ2v) is 6.34. The monoisotopic (exact) mass is 376 g/mol. The molecule has 0 heterocycles. The molecule has 0 spiro atoms. The van der Waals surface area contributed by atoms with Crippen molar-refractivity contribution in [2.75, 3.05) is 13.6 Å². The second kappa shape index (κ2) is 8.58. The normalized spacial score (nSPS) is 10.4. The van der Waals surface area contributed by atoms with E-state index in [1.165, 1.54) is 11.0 Å². The molecular weight excluding hydrogens is 356 g/mol. The molecule has 138 valence electrons. The molecule has 2 rings (SSSR count). The molecule has 0 radical (unpaired) electrons. The van der Waals surface area contributed by atoms with Crippen molar-refractivity contribution >= 4 is 23.4 Å². The van der Waals surface area contributed by atoms with Crippen LogP contribution in [0, 0.1) is 0 Å². The summed E-state index contributed by atoms with van der Waals surface area (Å²) in [5, 5.41) is 22.1. The lowest BCUT2D eigenvalue weighted by Crippen LogP contribution is -2.26. The fourth-order valence-corrected chi connectivity index (χ4v) is 2.54. The van der Waals surface area contributed by atoms with Crippen molar-refractivity contribution in [2.24, 2.45) is 0 Å². The maximum absolute atomic E-state index is 12.5. The first-order valence-corrected chi connectivity index (χ1v) is 8.55. The van der Waals surface area contributed by atoms with Gasteiger partial charge in [-0.3, -0.25) is 9.59 Å². The Morgan fingerprint density at radius 1 is 1.12 bits per heavy atom. The average molecular weight is 377 g/mol. The Hall–Kier alpha value is -2.73. The van der Waals surface area contributed by atoms with Crippen molar-refractivity contribution in [1.82, 2.24) is 10.2 Å². The van der Waals surface area contributed by atoms with Crippen molar-refractivity contribution in [1.29, 1.82) is 0 Å². The SMILES string of the molecule is CCCNC(=O)c1ccc(CN(C)C(=O)c2cc(Cl)c(O)cc2O)cc1. The first-order valence-electron chi connectivity index (χ1n) is 8.17. The Kier molecular flexibility index (Phi) is 6.46. The molecule has 0 bridgehead atoms. The molecule has 2 aromatic carbocycles. The molecule has 0 unspecified atom stereocenters. The van der Waals surface area contributed by atoms with Crippen molar-refractivity contribution < 1.29 is 19.8 Å². The minimum absolute atomic E-state index is 0.00543. The number of nitrogens with one attached hydrogen (secondary N) is 1. The zero-order valence-corrected chi connectivity index (χ0v) is 15.4. The molecule has 0 saturated carbocycles. The quantitative estimate of drug-likeness (QED) is 0.722. The molecule has 26 heavy (non-hydrogen) atoms. The molecule has 2 aromatic rings. The summed E-state index contributed by atoms with van der Waals surface area (Å²) in [4.78, 5) is 25.8. The van der Waals surface area contributed by atoms with Gasteiger partial charge in [0.1, 0.15) is 11.5 Å². The smallest absolute Gasteiger partial charge is 0.257 e. The number of phenolic OH excluding ortho intramolecular Hbond substituents is 2. The first kappa shape index (κ1) is 19.6. The minimum atomic E-state index is -0.436. The third-order valence-electron chi connectivity index (χ3n) is 3.81. The maximum Gasteiger partial charge on any atom is 0.257 e. The Morgan fingerprint density at radius 3 is 2.38 bits per heavy atom. The van der Waals surface area contributed by atoms with Gasteiger partial charge in [0.05, 0.1) is 10.6 Å². The van der Waals surface area contributed by atoms with Crippen molar-refractivity contribution in [2.45, 2.75) is 19.9 Å². The number of rotatable bonds is 6. The fourth-order valence-electron chi connectivity index (χ4n) is 2.38. The topological polar surface area (TPSA) is 89.9 Å². The summed E-state index contributed by atoms with van der Waals surface area (Å²) < 4.78 is 0. The van der Waals surface area contributed by atoms with E-state index in [4.69, 9.17) is 11.6 Å². The molecule has 0 aromatic heterocycles. The van der Waals surface area contributed by atoms with Gasteiger partial charge in [-0.05, 0) is 30.2 Å². The molecular formula is C19H21ClN2O4. The van der Waals surface area contributed by atoms with Crippen LogP contribution in [0.1, 0.15) is 39.6 Å². The van der Waals surface area contributed by atoms with Crippen LogP contribution in [0.2, 0.25) is 5.02 Å². The van der Waals surface area contributed by atoms with Crippen LogP contribution >= 0.6 is 11.6 Å². The van der Waals surface area contributed by atoms with Gasteiger partial charge in [0.2, 0.25) is 0 Å². The number of carbonyl (C=O) groups excluding carboxylic acids is 2. The second-order valence-electron chi connectivity index (χ2n) is 5.93. The number of aromatic hydroxyl groups is 2. The van der Waals surface area contributed by atoms with Crippen LogP contribution in [-0.2, 0) is 6.54 Å². The predicted molar refractivity (Wildman–Crippen MR) is 99.6 cm³/mol. The lowest BCUT2D eigenvalue weighted by molar-refractivity contribution is 0.0781. The summed E-state index contributed by atoms with van der Waals surface area (Å²) >= 11 is 5.81. The summed E-state index contributed by atoms with van der Waals surface area (Å²) in [6.45, 7) is 2.89. The van der Waals surface area contributed by atoms with E-state index >= 15 is 0 Å². The highest BCUT2D eigenvalue weighted by atomic mass is 35.5. The largest absolute Gasteiger partial charge is 0.507 e. The van der Waals surface area contributed by atoms with E-state index in [1.54, 1.807) is 31.3 Å². The van der Waals surface area contributed by atoms with Gasteiger partial charge >= 0.3 is 0 Å². The number of carbonyl (C=O) groups is 2. The minimum Gasteiger partial charge on any atom is -0.507 e. The molecule has 7 heteroatoms. The van der Waals surface area contributed by atoms with Crippen LogP contribution in [0.25, 0.3) is 0 Å². The maximum atomic E-state index is 12.5. The van der Waals surface area contributed by atoms with Gasteiger partial charge in [0.15, 0.2) is 0 Å². The Labute approximate surface area is 157 Å². The van der Waals surface area contributed by atoms with Gasteiger partial charge < -0.3 is 20.4 Å². The van der Waals surface area contributed by atoms with E-state index in [0.29, 0.717) is 12.1 Å². The Bertz CT molecular complexity index is 806. The molecule has 0 atom stereocenters. The third kappa shape index (κ3) is 4.67. The average Bonchev–Trinajstić information content (AvgIpc) is 2.62. The number of benzene rings is 2. The first-order chi connectivity index (χ1) is 12.3. The molecule has 0 aliphatic carbocycles. The lowest BCUT2D eigenvalue weighted by Gasteiger charge is -2.18. The van der Waals surface area contributed by atoms with E-state index in [9.17, 15) is 19.8 Å². The van der Waals surface area contributed by atoms with E-state index in [0.717, 1.165) is 18.1 Å². The van der Waals surface area contributed by atoms with Crippen LogP contribution in [0.4, 0.5) is 0 Å². The summed E-state index contributed by atoms with van der Waals surface area (Å²) in [6.07, 6.45) is 0.866. The highest BCUT2D eigenvalue weighted by Crippen LogP contribution is 2.31. The van der Waals surface area contributed by atoms with Crippen LogP contribution in [0.3, 0.4) is 0 Å². The van der Waals surface area contributed by atoms with Crippen LogP contribution in [0.15, 0.2) is 36.4 Å². The number of amides is 2. The van der Waals surface area contributed by atoms with E-state index in [1.807, 2.05) is 6.92 Å². The lowest BCUT2D eigenvalue weighted by atomic mass is 10.1. The van der Waals surface area contributed by atoms with Gasteiger partial charge in [-0.1, -0.05) is 30.7 Å². The van der Waals surface area contributed by atoms with Crippen LogP contribution in [-0.4, -0.2) is 40.5 Å².